The van der Waals surface area contributed by atoms with Gasteiger partial charge in [-0.05, 0) is 35.9 Å². The van der Waals surface area contributed by atoms with Crippen LogP contribution in [0.15, 0.2) is 72.5 Å². The van der Waals surface area contributed by atoms with Crippen LogP contribution in [-0.4, -0.2) is 99.6 Å². The van der Waals surface area contributed by atoms with Crippen molar-refractivity contribution < 1.29 is 75.1 Å². The van der Waals surface area contributed by atoms with Gasteiger partial charge in [0.05, 0.1) is 18.1 Å². The van der Waals surface area contributed by atoms with Crippen molar-refractivity contribution in [3.05, 3.63) is 100 Å². The second kappa shape index (κ2) is 13.0. The average Bonchev–Trinajstić information content (AvgIpc) is 3.10. The molecule has 0 bridgehead atoms. The fraction of sp³-hybridized carbons (Fsp3) is 0.278. The molecule has 15 nitrogen and oxygen atoms in total. The second-order valence-electron chi connectivity index (χ2n) is 12.5. The molecular weight excluding hydrogens is 672 g/mol. The summed E-state index contributed by atoms with van der Waals surface area (Å²) >= 11 is 0. The third kappa shape index (κ3) is 5.95. The van der Waals surface area contributed by atoms with E-state index in [1.165, 1.54) is 60.7 Å². The number of aliphatic hydroxyl groups excluding tert-OH is 5. The molecule has 3 aliphatic heterocycles. The highest BCUT2D eigenvalue weighted by molar-refractivity contribution is 5.75. The SMILES string of the molecule is OC[C@H]1O[C@@H](OC2=Cc3c(O)cc(O)c(C4c5c(O)cc(O)cc5O[C@H](c5ccc(O)cc5)[C@H]4O)c3OC2c2ccc(O)cc2)[C@H](O)[C@@H](O)[C@@H]1O. The standard InChI is InChI=1S/C36H34O15/c37-13-25-29(44)31(46)32(47)36(50-25)49-24-11-19-20(41)12-22(43)27(35(19)51-33(24)14-1-5-16(38)6-2-14)28-26-21(42)9-18(40)10-23(26)48-34(30(28)45)15-3-7-17(39)8-4-15/h1-12,25,28-34,36-47H,13H2/t25-,28?,29-,30+,31+,32-,33?,34-,36-/m1/s1. The summed E-state index contributed by atoms with van der Waals surface area (Å²) in [5, 5.41) is 117. The van der Waals surface area contributed by atoms with E-state index in [1.54, 1.807) is 0 Å². The van der Waals surface area contributed by atoms with Gasteiger partial charge in [-0.3, -0.25) is 0 Å². The Morgan fingerprint density at radius 3 is 1.88 bits per heavy atom. The van der Waals surface area contributed by atoms with Crippen LogP contribution in [0.2, 0.25) is 0 Å². The van der Waals surface area contributed by atoms with Crippen LogP contribution in [0.4, 0.5) is 0 Å². The van der Waals surface area contributed by atoms with Gasteiger partial charge < -0.3 is 75.1 Å². The first-order valence-corrected chi connectivity index (χ1v) is 15.8. The minimum absolute atomic E-state index is 0.0318. The summed E-state index contributed by atoms with van der Waals surface area (Å²) in [6, 6.07) is 14.7. The molecule has 2 unspecified atom stereocenters. The Labute approximate surface area is 288 Å². The van der Waals surface area contributed by atoms with E-state index in [2.05, 4.69) is 0 Å². The number of ether oxygens (including phenoxy) is 4. The van der Waals surface area contributed by atoms with Gasteiger partial charge in [-0.25, -0.2) is 0 Å². The van der Waals surface area contributed by atoms with Crippen molar-refractivity contribution in [2.24, 2.45) is 0 Å². The summed E-state index contributed by atoms with van der Waals surface area (Å²) in [4.78, 5) is 0. The predicted molar refractivity (Wildman–Crippen MR) is 173 cm³/mol. The molecule has 3 heterocycles. The van der Waals surface area contributed by atoms with Gasteiger partial charge in [0.1, 0.15) is 82.3 Å². The lowest BCUT2D eigenvalue weighted by molar-refractivity contribution is -0.293. The Hall–Kier alpha value is -5.42. The normalized spacial score (nSPS) is 28.4. The lowest BCUT2D eigenvalue weighted by Gasteiger charge is -2.41. The molecule has 4 aromatic carbocycles. The van der Waals surface area contributed by atoms with Crippen LogP contribution in [-0.2, 0) is 9.47 Å². The van der Waals surface area contributed by atoms with Gasteiger partial charge in [0.25, 0.3) is 0 Å². The van der Waals surface area contributed by atoms with Gasteiger partial charge in [0.2, 0.25) is 6.29 Å². The fourth-order valence-corrected chi connectivity index (χ4v) is 6.70. The van der Waals surface area contributed by atoms with E-state index >= 15 is 0 Å². The Morgan fingerprint density at radius 1 is 0.608 bits per heavy atom. The molecule has 0 amide bonds. The molecule has 15 heteroatoms. The van der Waals surface area contributed by atoms with Gasteiger partial charge in [-0.2, -0.15) is 0 Å². The largest absolute Gasteiger partial charge is 0.508 e. The third-order valence-electron chi connectivity index (χ3n) is 9.25. The van der Waals surface area contributed by atoms with Crippen LogP contribution in [0.25, 0.3) is 6.08 Å². The van der Waals surface area contributed by atoms with Gasteiger partial charge in [-0.1, -0.05) is 24.3 Å². The number of phenolic OH excluding ortho intramolecular Hbond substituents is 6. The molecule has 7 rings (SSSR count). The molecule has 0 aromatic heterocycles. The smallest absolute Gasteiger partial charge is 0.228 e. The number of benzene rings is 4. The molecule has 3 aliphatic rings. The van der Waals surface area contributed by atoms with Gasteiger partial charge in [-0.15, -0.1) is 0 Å². The van der Waals surface area contributed by atoms with Crippen molar-refractivity contribution in [1.82, 2.24) is 0 Å². The minimum atomic E-state index is -1.81. The molecule has 0 radical (unpaired) electrons. The molecular formula is C36H34O15. The molecule has 11 N–H and O–H groups in total. The van der Waals surface area contributed by atoms with E-state index in [4.69, 9.17) is 18.9 Å². The quantitative estimate of drug-likeness (QED) is 0.137. The first-order valence-electron chi connectivity index (χ1n) is 15.8. The summed E-state index contributed by atoms with van der Waals surface area (Å²) < 4.78 is 24.1. The number of phenols is 6. The first kappa shape index (κ1) is 34.0. The fourth-order valence-electron chi connectivity index (χ4n) is 6.70. The van der Waals surface area contributed by atoms with E-state index < -0.39 is 78.8 Å². The number of rotatable bonds is 6. The number of hydrogen-bond acceptors (Lipinski definition) is 15. The topological polar surface area (TPSA) is 259 Å². The van der Waals surface area contributed by atoms with E-state index in [-0.39, 0.29) is 51.2 Å². The zero-order chi connectivity index (χ0) is 36.3. The summed E-state index contributed by atoms with van der Waals surface area (Å²) in [5.74, 6) is -3.76. The Bertz CT molecular complexity index is 1960. The number of aromatic hydroxyl groups is 6. The lowest BCUT2D eigenvalue weighted by Crippen LogP contribution is -2.59. The van der Waals surface area contributed by atoms with Crippen LogP contribution >= 0.6 is 0 Å². The van der Waals surface area contributed by atoms with Crippen molar-refractivity contribution >= 4 is 6.08 Å². The lowest BCUT2D eigenvalue weighted by atomic mass is 9.78. The Balaban J connectivity index is 1.40. The first-order chi connectivity index (χ1) is 24.4. The predicted octanol–water partition coefficient (Wildman–Crippen LogP) is 1.84. The maximum atomic E-state index is 12.0. The summed E-state index contributed by atoms with van der Waals surface area (Å²) in [6.07, 6.45) is -10.9. The van der Waals surface area contributed by atoms with Gasteiger partial charge >= 0.3 is 0 Å². The number of aliphatic hydroxyl groups is 5. The monoisotopic (exact) mass is 706 g/mol. The highest BCUT2D eigenvalue weighted by Crippen LogP contribution is 2.57. The van der Waals surface area contributed by atoms with Crippen molar-refractivity contribution in [2.45, 2.75) is 54.9 Å². The van der Waals surface area contributed by atoms with Gasteiger partial charge in [0.15, 0.2) is 12.2 Å². The summed E-state index contributed by atoms with van der Waals surface area (Å²) in [7, 11) is 0. The van der Waals surface area contributed by atoms with Crippen LogP contribution in [0.5, 0.6) is 46.0 Å². The highest BCUT2D eigenvalue weighted by atomic mass is 16.7. The minimum Gasteiger partial charge on any atom is -0.508 e. The molecule has 9 atom stereocenters. The van der Waals surface area contributed by atoms with Crippen LogP contribution in [0, 0.1) is 0 Å². The molecule has 0 spiro atoms. The maximum absolute atomic E-state index is 12.0. The Morgan fingerprint density at radius 2 is 1.24 bits per heavy atom. The maximum Gasteiger partial charge on any atom is 0.228 e. The van der Waals surface area contributed by atoms with Crippen molar-refractivity contribution in [1.29, 1.82) is 0 Å². The zero-order valence-electron chi connectivity index (χ0n) is 26.4. The van der Waals surface area contributed by atoms with Crippen molar-refractivity contribution in [2.75, 3.05) is 6.61 Å². The van der Waals surface area contributed by atoms with Crippen molar-refractivity contribution in [3.63, 3.8) is 0 Å². The van der Waals surface area contributed by atoms with E-state index in [0.717, 1.165) is 12.1 Å². The van der Waals surface area contributed by atoms with Crippen LogP contribution < -0.4 is 9.47 Å². The molecule has 1 saturated heterocycles. The van der Waals surface area contributed by atoms with E-state index in [1.807, 2.05) is 0 Å². The molecule has 51 heavy (non-hydrogen) atoms. The van der Waals surface area contributed by atoms with Crippen LogP contribution in [0.1, 0.15) is 45.9 Å². The van der Waals surface area contributed by atoms with Gasteiger partial charge in [0, 0.05) is 34.9 Å². The van der Waals surface area contributed by atoms with E-state index in [0.29, 0.717) is 11.1 Å². The van der Waals surface area contributed by atoms with E-state index in [9.17, 15) is 56.2 Å². The summed E-state index contributed by atoms with van der Waals surface area (Å²) in [6.45, 7) is -0.724. The molecule has 4 aromatic rings. The average molecular weight is 707 g/mol. The Kier molecular flexibility index (Phi) is 8.71. The second-order valence-corrected chi connectivity index (χ2v) is 12.5. The third-order valence-corrected chi connectivity index (χ3v) is 9.25. The highest BCUT2D eigenvalue weighted by Gasteiger charge is 2.48. The molecule has 0 aliphatic carbocycles. The molecule has 0 saturated carbocycles. The van der Waals surface area contributed by atoms with Crippen LogP contribution in [0.3, 0.4) is 0 Å². The molecule has 268 valence electrons. The zero-order valence-corrected chi connectivity index (χ0v) is 26.4. The number of hydrogen-bond donors (Lipinski definition) is 11. The summed E-state index contributed by atoms with van der Waals surface area (Å²) in [5.41, 5.74) is 0.499. The number of fused-ring (bicyclic) bond motifs is 2. The van der Waals surface area contributed by atoms with Crippen molar-refractivity contribution in [3.8, 4) is 46.0 Å². The molecule has 1 fully saturated rings.